The van der Waals surface area contributed by atoms with Crippen LogP contribution in [0.25, 0.3) is 5.69 Å². The molecule has 0 radical (unpaired) electrons. The van der Waals surface area contributed by atoms with Gasteiger partial charge in [0.2, 0.25) is 0 Å². The van der Waals surface area contributed by atoms with Crippen LogP contribution in [0.2, 0.25) is 0 Å². The Hall–Kier alpha value is -3.29. The number of anilines is 1. The molecule has 0 bridgehead atoms. The summed E-state index contributed by atoms with van der Waals surface area (Å²) in [5.74, 6) is -0.0384. The van der Waals surface area contributed by atoms with Gasteiger partial charge in [0.25, 0.3) is 5.91 Å². The summed E-state index contributed by atoms with van der Waals surface area (Å²) in [5.41, 5.74) is 2.17. The van der Waals surface area contributed by atoms with Crippen LogP contribution in [-0.4, -0.2) is 45.7 Å². The van der Waals surface area contributed by atoms with Crippen molar-refractivity contribution in [2.24, 2.45) is 5.92 Å². The number of nitrogens with zero attached hydrogens (tertiary/aromatic N) is 5. The first-order chi connectivity index (χ1) is 13.2. The maximum Gasteiger partial charge on any atom is 0.253 e. The summed E-state index contributed by atoms with van der Waals surface area (Å²) in [4.78, 5) is 14.9. The monoisotopic (exact) mass is 366 g/mol. The van der Waals surface area contributed by atoms with Crippen LogP contribution in [0.4, 0.5) is 10.1 Å². The van der Waals surface area contributed by atoms with Crippen molar-refractivity contribution in [3.63, 3.8) is 0 Å². The van der Waals surface area contributed by atoms with Crippen molar-refractivity contribution >= 4 is 11.6 Å². The summed E-state index contributed by atoms with van der Waals surface area (Å²) in [6, 6.07) is 13.7. The van der Waals surface area contributed by atoms with Crippen molar-refractivity contribution in [3.8, 4) is 5.69 Å². The van der Waals surface area contributed by atoms with Crippen molar-refractivity contribution in [1.82, 2.24) is 25.5 Å². The number of nitrogens with one attached hydrogen (secondary N) is 1. The van der Waals surface area contributed by atoms with E-state index in [9.17, 15) is 9.18 Å². The van der Waals surface area contributed by atoms with Crippen molar-refractivity contribution in [2.45, 2.75) is 6.42 Å². The van der Waals surface area contributed by atoms with Gasteiger partial charge >= 0.3 is 0 Å². The predicted octanol–water partition coefficient (Wildman–Crippen LogP) is 2.06. The van der Waals surface area contributed by atoms with Gasteiger partial charge in [0.15, 0.2) is 0 Å². The van der Waals surface area contributed by atoms with Gasteiger partial charge in [-0.2, -0.15) is 4.68 Å². The summed E-state index contributed by atoms with van der Waals surface area (Å²) in [5, 5.41) is 14.1. The zero-order chi connectivity index (χ0) is 18.6. The molecule has 2 heterocycles. The Balaban J connectivity index is 1.37. The van der Waals surface area contributed by atoms with Crippen LogP contribution in [0, 0.1) is 11.7 Å². The molecule has 1 aromatic heterocycles. The lowest BCUT2D eigenvalue weighted by Crippen LogP contribution is -2.31. The maximum atomic E-state index is 13.1. The fourth-order valence-electron chi connectivity index (χ4n) is 3.36. The fraction of sp³-hybridized carbons (Fsp3) is 0.263. The number of carbonyl (C=O) groups is 1. The number of hydrogen-bond donors (Lipinski definition) is 1. The lowest BCUT2D eigenvalue weighted by Gasteiger charge is -2.19. The molecule has 3 aromatic rings. The number of aromatic nitrogens is 4. The molecule has 4 rings (SSSR count). The highest BCUT2D eigenvalue weighted by Crippen LogP contribution is 2.23. The number of hydrogen-bond acceptors (Lipinski definition) is 5. The minimum atomic E-state index is -0.233. The van der Waals surface area contributed by atoms with Crippen LogP contribution in [-0.2, 0) is 0 Å². The number of tetrazole rings is 1. The number of carbonyl (C=O) groups excluding carboxylic acids is 1. The van der Waals surface area contributed by atoms with Crippen LogP contribution in [0.3, 0.4) is 0 Å². The third kappa shape index (κ3) is 3.79. The third-order valence-corrected chi connectivity index (χ3v) is 4.77. The van der Waals surface area contributed by atoms with E-state index in [1.54, 1.807) is 24.3 Å². The van der Waals surface area contributed by atoms with Gasteiger partial charge in [0.05, 0.1) is 11.3 Å². The first-order valence-electron chi connectivity index (χ1n) is 8.82. The molecular weight excluding hydrogens is 347 g/mol. The first-order valence-corrected chi connectivity index (χ1v) is 8.82. The van der Waals surface area contributed by atoms with E-state index in [-0.39, 0.29) is 11.7 Å². The van der Waals surface area contributed by atoms with Crippen LogP contribution >= 0.6 is 0 Å². The Morgan fingerprint density at radius 3 is 2.78 bits per heavy atom. The second kappa shape index (κ2) is 7.53. The molecule has 1 amide bonds. The molecule has 7 nitrogen and oxygen atoms in total. The van der Waals surface area contributed by atoms with Crippen molar-refractivity contribution < 1.29 is 9.18 Å². The average molecular weight is 366 g/mol. The zero-order valence-electron chi connectivity index (χ0n) is 14.6. The topological polar surface area (TPSA) is 75.9 Å². The summed E-state index contributed by atoms with van der Waals surface area (Å²) >= 11 is 0. The maximum absolute atomic E-state index is 13.1. The normalized spacial score (nSPS) is 16.5. The molecule has 1 atom stereocenters. The molecular formula is C19H19FN6O. The standard InChI is InChI=1S/C19H19FN6O/c20-15-5-7-16(8-6-15)25-10-9-14(12-25)11-21-19(27)17-3-1-2-4-18(17)26-13-22-23-24-26/h1-8,13-14H,9-12H2,(H,21,27). The number of amides is 1. The van der Waals surface area contributed by atoms with Crippen LogP contribution in [0.5, 0.6) is 0 Å². The Morgan fingerprint density at radius 2 is 2.00 bits per heavy atom. The molecule has 1 N–H and O–H groups in total. The Labute approximate surface area is 155 Å². The van der Waals surface area contributed by atoms with Gasteiger partial charge in [-0.1, -0.05) is 12.1 Å². The Kier molecular flexibility index (Phi) is 4.78. The molecule has 1 fully saturated rings. The molecule has 0 spiro atoms. The van der Waals surface area contributed by atoms with Crippen LogP contribution in [0.1, 0.15) is 16.8 Å². The lowest BCUT2D eigenvalue weighted by atomic mass is 10.1. The summed E-state index contributed by atoms with van der Waals surface area (Å²) < 4.78 is 14.5. The van der Waals surface area contributed by atoms with E-state index in [2.05, 4.69) is 25.7 Å². The van der Waals surface area contributed by atoms with Gasteiger partial charge in [-0.25, -0.2) is 4.39 Å². The average Bonchev–Trinajstić information content (AvgIpc) is 3.39. The smallest absolute Gasteiger partial charge is 0.253 e. The minimum absolute atomic E-state index is 0.152. The molecule has 0 saturated carbocycles. The van der Waals surface area contributed by atoms with E-state index in [0.717, 1.165) is 25.2 Å². The SMILES string of the molecule is O=C(NCC1CCN(c2ccc(F)cc2)C1)c1ccccc1-n1cnnn1. The molecule has 1 aliphatic rings. The van der Waals surface area contributed by atoms with Gasteiger partial charge in [0.1, 0.15) is 12.1 Å². The quantitative estimate of drug-likeness (QED) is 0.748. The second-order valence-electron chi connectivity index (χ2n) is 6.56. The molecule has 27 heavy (non-hydrogen) atoms. The van der Waals surface area contributed by atoms with Crippen LogP contribution in [0.15, 0.2) is 54.9 Å². The van der Waals surface area contributed by atoms with E-state index in [1.807, 2.05) is 12.1 Å². The fourth-order valence-corrected chi connectivity index (χ4v) is 3.36. The molecule has 1 unspecified atom stereocenters. The molecule has 2 aromatic carbocycles. The zero-order valence-corrected chi connectivity index (χ0v) is 14.6. The summed E-state index contributed by atoms with van der Waals surface area (Å²) in [7, 11) is 0. The summed E-state index contributed by atoms with van der Waals surface area (Å²) in [6.07, 6.45) is 2.44. The van der Waals surface area contributed by atoms with E-state index in [0.29, 0.717) is 23.7 Å². The highest BCUT2D eigenvalue weighted by molar-refractivity contribution is 5.97. The predicted molar refractivity (Wildman–Crippen MR) is 98.2 cm³/mol. The first kappa shape index (κ1) is 17.1. The number of rotatable bonds is 5. The van der Waals surface area contributed by atoms with Crippen molar-refractivity contribution in [2.75, 3.05) is 24.5 Å². The van der Waals surface area contributed by atoms with E-state index in [1.165, 1.54) is 23.1 Å². The van der Waals surface area contributed by atoms with Crippen molar-refractivity contribution in [1.29, 1.82) is 0 Å². The molecule has 1 saturated heterocycles. The highest BCUT2D eigenvalue weighted by Gasteiger charge is 2.24. The number of benzene rings is 2. The van der Waals surface area contributed by atoms with Crippen molar-refractivity contribution in [3.05, 3.63) is 66.2 Å². The lowest BCUT2D eigenvalue weighted by molar-refractivity contribution is 0.0948. The Morgan fingerprint density at radius 1 is 1.19 bits per heavy atom. The molecule has 1 aliphatic heterocycles. The molecule has 138 valence electrons. The number of halogens is 1. The summed E-state index contributed by atoms with van der Waals surface area (Å²) in [6.45, 7) is 2.31. The third-order valence-electron chi connectivity index (χ3n) is 4.77. The molecule has 8 heteroatoms. The van der Waals surface area contributed by atoms with Gasteiger partial charge in [-0.3, -0.25) is 4.79 Å². The van der Waals surface area contributed by atoms with E-state index < -0.39 is 0 Å². The van der Waals surface area contributed by atoms with E-state index >= 15 is 0 Å². The van der Waals surface area contributed by atoms with Gasteiger partial charge < -0.3 is 10.2 Å². The molecule has 0 aliphatic carbocycles. The second-order valence-corrected chi connectivity index (χ2v) is 6.56. The van der Waals surface area contributed by atoms with Gasteiger partial charge in [-0.15, -0.1) is 5.10 Å². The highest BCUT2D eigenvalue weighted by atomic mass is 19.1. The van der Waals surface area contributed by atoms with Gasteiger partial charge in [0, 0.05) is 25.3 Å². The minimum Gasteiger partial charge on any atom is -0.371 e. The van der Waals surface area contributed by atoms with Gasteiger partial charge in [-0.05, 0) is 59.2 Å². The largest absolute Gasteiger partial charge is 0.371 e. The van der Waals surface area contributed by atoms with E-state index in [4.69, 9.17) is 0 Å². The number of para-hydroxylation sites is 1. The van der Waals surface area contributed by atoms with Crippen LogP contribution < -0.4 is 10.2 Å². The Bertz CT molecular complexity index is 912.